The predicted molar refractivity (Wildman–Crippen MR) is 78.7 cm³/mol. The van der Waals surface area contributed by atoms with E-state index < -0.39 is 21.9 Å². The van der Waals surface area contributed by atoms with Crippen LogP contribution < -0.4 is 4.72 Å². The molecule has 0 saturated carbocycles. The number of carboxylic acids is 1. The summed E-state index contributed by atoms with van der Waals surface area (Å²) >= 11 is 0.915. The maximum absolute atomic E-state index is 12.4. The van der Waals surface area contributed by atoms with E-state index in [0.29, 0.717) is 10.1 Å². The van der Waals surface area contributed by atoms with Gasteiger partial charge in [0.05, 0.1) is 12.0 Å². The second-order valence-electron chi connectivity index (χ2n) is 4.44. The number of thiophene rings is 1. The fraction of sp³-hybridized carbons (Fsp3) is 0.231. The molecule has 1 aromatic heterocycles. The molecule has 1 heterocycles. The molecule has 2 rings (SSSR count). The SMILES string of the molecule is CC(C#N)CNS(=O)(=O)c1c(C(=O)O)sc2ccccc12. The number of sulfonamides is 1. The van der Waals surface area contributed by atoms with Crippen LogP contribution in [0.4, 0.5) is 0 Å². The maximum atomic E-state index is 12.4. The Morgan fingerprint density at radius 1 is 1.48 bits per heavy atom. The molecule has 0 radical (unpaired) electrons. The highest BCUT2D eigenvalue weighted by Gasteiger charge is 2.28. The number of nitrogens with one attached hydrogen (secondary N) is 1. The molecule has 0 saturated heterocycles. The number of hydrogen-bond acceptors (Lipinski definition) is 5. The van der Waals surface area contributed by atoms with E-state index >= 15 is 0 Å². The van der Waals surface area contributed by atoms with Crippen LogP contribution in [-0.2, 0) is 10.0 Å². The van der Waals surface area contributed by atoms with Crippen molar-refractivity contribution in [1.29, 1.82) is 5.26 Å². The first kappa shape index (κ1) is 15.4. The van der Waals surface area contributed by atoms with Gasteiger partial charge in [0.2, 0.25) is 10.0 Å². The number of fused-ring (bicyclic) bond motifs is 1. The summed E-state index contributed by atoms with van der Waals surface area (Å²) in [4.78, 5) is 10.8. The lowest BCUT2D eigenvalue weighted by Crippen LogP contribution is -2.28. The molecule has 2 aromatic rings. The number of nitrogens with zero attached hydrogens (tertiary/aromatic N) is 1. The van der Waals surface area contributed by atoms with Crippen LogP contribution >= 0.6 is 11.3 Å². The topological polar surface area (TPSA) is 107 Å². The van der Waals surface area contributed by atoms with Crippen molar-refractivity contribution in [2.24, 2.45) is 5.92 Å². The van der Waals surface area contributed by atoms with Crippen molar-refractivity contribution in [3.8, 4) is 6.07 Å². The molecule has 0 aliphatic rings. The van der Waals surface area contributed by atoms with E-state index in [0.717, 1.165) is 11.3 Å². The summed E-state index contributed by atoms with van der Waals surface area (Å²) in [6, 6.07) is 8.52. The van der Waals surface area contributed by atoms with Gasteiger partial charge < -0.3 is 5.11 Å². The minimum Gasteiger partial charge on any atom is -0.477 e. The molecule has 8 heteroatoms. The van der Waals surface area contributed by atoms with Crippen LogP contribution in [0, 0.1) is 17.2 Å². The van der Waals surface area contributed by atoms with Crippen LogP contribution in [0.3, 0.4) is 0 Å². The lowest BCUT2D eigenvalue weighted by Gasteiger charge is -2.08. The fourth-order valence-corrected chi connectivity index (χ4v) is 4.65. The second kappa shape index (κ2) is 5.81. The minimum absolute atomic E-state index is 0.0674. The number of hydrogen-bond donors (Lipinski definition) is 2. The zero-order valence-electron chi connectivity index (χ0n) is 11.0. The van der Waals surface area contributed by atoms with Crippen LogP contribution in [0.1, 0.15) is 16.6 Å². The van der Waals surface area contributed by atoms with Gasteiger partial charge >= 0.3 is 5.97 Å². The third-order valence-electron chi connectivity index (χ3n) is 2.81. The summed E-state index contributed by atoms with van der Waals surface area (Å²) in [5.74, 6) is -1.79. The quantitative estimate of drug-likeness (QED) is 0.875. The van der Waals surface area contributed by atoms with Crippen molar-refractivity contribution < 1.29 is 18.3 Å². The molecule has 1 aromatic carbocycles. The van der Waals surface area contributed by atoms with Gasteiger partial charge in [-0.15, -0.1) is 11.3 Å². The maximum Gasteiger partial charge on any atom is 0.347 e. The molecule has 0 aliphatic heterocycles. The summed E-state index contributed by atoms with van der Waals surface area (Å²) < 4.78 is 27.6. The van der Waals surface area contributed by atoms with Crippen molar-refractivity contribution >= 4 is 37.4 Å². The number of nitriles is 1. The third kappa shape index (κ3) is 3.05. The lowest BCUT2D eigenvalue weighted by atomic mass is 10.2. The molecular weight excluding hydrogens is 312 g/mol. The van der Waals surface area contributed by atoms with Crippen LogP contribution in [0.15, 0.2) is 29.2 Å². The summed E-state index contributed by atoms with van der Waals surface area (Å²) in [5, 5.41) is 18.3. The molecule has 110 valence electrons. The predicted octanol–water partition coefficient (Wildman–Crippen LogP) is 2.04. The fourth-order valence-electron chi connectivity index (χ4n) is 1.78. The van der Waals surface area contributed by atoms with E-state index in [2.05, 4.69) is 4.72 Å². The molecule has 1 unspecified atom stereocenters. The Morgan fingerprint density at radius 2 is 2.14 bits per heavy atom. The van der Waals surface area contributed by atoms with Crippen molar-refractivity contribution in [2.75, 3.05) is 6.54 Å². The summed E-state index contributed by atoms with van der Waals surface area (Å²) in [5.41, 5.74) is 0. The van der Waals surface area contributed by atoms with Crippen LogP contribution in [0.2, 0.25) is 0 Å². The Hall–Kier alpha value is -1.95. The average molecular weight is 324 g/mol. The van der Waals surface area contributed by atoms with E-state index in [9.17, 15) is 18.3 Å². The Kier molecular flexibility index (Phi) is 4.27. The minimum atomic E-state index is -4.00. The van der Waals surface area contributed by atoms with E-state index in [4.69, 9.17) is 5.26 Å². The average Bonchev–Trinajstić information content (AvgIpc) is 2.85. The number of aromatic carboxylic acids is 1. The molecule has 6 nitrogen and oxygen atoms in total. The normalized spacial score (nSPS) is 13.0. The van der Waals surface area contributed by atoms with Gasteiger partial charge in [-0.25, -0.2) is 17.9 Å². The summed E-state index contributed by atoms with van der Waals surface area (Å²) in [6.07, 6.45) is 0. The zero-order chi connectivity index (χ0) is 15.6. The zero-order valence-corrected chi connectivity index (χ0v) is 12.7. The third-order valence-corrected chi connectivity index (χ3v) is 5.61. The van der Waals surface area contributed by atoms with E-state index in [1.165, 1.54) is 0 Å². The smallest absolute Gasteiger partial charge is 0.347 e. The standard InChI is InChI=1S/C13H12N2O4S2/c1-8(6-14)7-15-21(18,19)12-9-4-2-3-5-10(9)20-11(12)13(16)17/h2-5,8,15H,7H2,1H3,(H,16,17). The molecule has 2 N–H and O–H groups in total. The highest BCUT2D eigenvalue weighted by molar-refractivity contribution is 7.90. The van der Waals surface area contributed by atoms with Gasteiger partial charge in [-0.05, 0) is 13.0 Å². The highest BCUT2D eigenvalue weighted by Crippen LogP contribution is 2.34. The van der Waals surface area contributed by atoms with Gasteiger partial charge in [0.15, 0.2) is 0 Å². The monoisotopic (exact) mass is 324 g/mol. The lowest BCUT2D eigenvalue weighted by molar-refractivity contribution is 0.0698. The first-order valence-electron chi connectivity index (χ1n) is 6.01. The van der Waals surface area contributed by atoms with Crippen LogP contribution in [-0.4, -0.2) is 26.0 Å². The van der Waals surface area contributed by atoms with Gasteiger partial charge in [0.25, 0.3) is 0 Å². The number of carbonyl (C=O) groups is 1. The highest BCUT2D eigenvalue weighted by atomic mass is 32.2. The molecule has 0 fully saturated rings. The number of carboxylic acid groups (broad SMARTS) is 1. The van der Waals surface area contributed by atoms with Gasteiger partial charge in [0, 0.05) is 16.6 Å². The van der Waals surface area contributed by atoms with Gasteiger partial charge in [-0.2, -0.15) is 5.26 Å². The summed E-state index contributed by atoms with van der Waals surface area (Å²) in [6.45, 7) is 1.51. The van der Waals surface area contributed by atoms with Gasteiger partial charge in [-0.3, -0.25) is 0 Å². The number of benzene rings is 1. The summed E-state index contributed by atoms with van der Waals surface area (Å²) in [7, 11) is -4.00. The van der Waals surface area contributed by atoms with Crippen molar-refractivity contribution in [2.45, 2.75) is 11.8 Å². The molecule has 0 spiro atoms. The first-order valence-corrected chi connectivity index (χ1v) is 8.31. The molecule has 1 atom stereocenters. The van der Waals surface area contributed by atoms with Crippen molar-refractivity contribution in [1.82, 2.24) is 4.72 Å². The van der Waals surface area contributed by atoms with E-state index in [1.54, 1.807) is 31.2 Å². The van der Waals surface area contributed by atoms with Crippen molar-refractivity contribution in [3.05, 3.63) is 29.1 Å². The Labute approximate surface area is 125 Å². The second-order valence-corrected chi connectivity index (χ2v) is 7.20. The Morgan fingerprint density at radius 3 is 2.76 bits per heavy atom. The first-order chi connectivity index (χ1) is 9.86. The number of rotatable bonds is 5. The van der Waals surface area contributed by atoms with E-state index in [1.807, 2.05) is 6.07 Å². The van der Waals surface area contributed by atoms with Gasteiger partial charge in [-0.1, -0.05) is 18.2 Å². The largest absolute Gasteiger partial charge is 0.477 e. The molecule has 0 aliphatic carbocycles. The van der Waals surface area contributed by atoms with E-state index in [-0.39, 0.29) is 16.3 Å². The van der Waals surface area contributed by atoms with Crippen LogP contribution in [0.25, 0.3) is 10.1 Å². The van der Waals surface area contributed by atoms with Gasteiger partial charge in [0.1, 0.15) is 9.77 Å². The Bertz CT molecular complexity index is 833. The van der Waals surface area contributed by atoms with Crippen molar-refractivity contribution in [3.63, 3.8) is 0 Å². The van der Waals surface area contributed by atoms with Crippen LogP contribution in [0.5, 0.6) is 0 Å². The molecule has 21 heavy (non-hydrogen) atoms. The molecule has 0 bridgehead atoms. The molecular formula is C13H12N2O4S2. The molecule has 0 amide bonds. The Balaban J connectivity index is 2.56.